The average molecular weight is 723 g/mol. The standard InChI is InChI=1S/C41H47N5O2.BrH/c1-47-39-17-5-3-11-35(39)30-45(31-36-12-4-6-18-40(36)48-2)25-26-46(38-16-9-13-34-14-10-24-44-41(34)38)29-33-21-19-32(20-22-33)27-42-28-37-15-7-8-23-43-37;/h3-8,10-12,14-15,17-24,38,42H,9,13,16,25-31H2,1-2H3;1H. The maximum atomic E-state index is 5.76. The Morgan fingerprint density at radius 3 is 2.00 bits per heavy atom. The Labute approximate surface area is 302 Å². The monoisotopic (exact) mass is 721 g/mol. The largest absolute Gasteiger partial charge is 0.496 e. The average Bonchev–Trinajstić information content (AvgIpc) is 3.14. The van der Waals surface area contributed by atoms with Crippen LogP contribution < -0.4 is 14.8 Å². The minimum atomic E-state index is 0. The molecule has 256 valence electrons. The Hall–Kier alpha value is -4.08. The van der Waals surface area contributed by atoms with E-state index in [0.29, 0.717) is 0 Å². The molecule has 8 heteroatoms. The summed E-state index contributed by atoms with van der Waals surface area (Å²) in [6.07, 6.45) is 7.18. The number of para-hydroxylation sites is 2. The highest BCUT2D eigenvalue weighted by atomic mass is 79.9. The maximum Gasteiger partial charge on any atom is 0.123 e. The third kappa shape index (κ3) is 9.98. The maximum absolute atomic E-state index is 5.76. The first-order chi connectivity index (χ1) is 23.7. The number of halogens is 1. The zero-order valence-corrected chi connectivity index (χ0v) is 30.3. The number of rotatable bonds is 16. The van der Waals surface area contributed by atoms with Gasteiger partial charge < -0.3 is 14.8 Å². The van der Waals surface area contributed by atoms with Gasteiger partial charge in [-0.2, -0.15) is 0 Å². The third-order valence-corrected chi connectivity index (χ3v) is 9.25. The molecule has 0 amide bonds. The molecule has 49 heavy (non-hydrogen) atoms. The summed E-state index contributed by atoms with van der Waals surface area (Å²) in [7, 11) is 3.50. The van der Waals surface area contributed by atoms with E-state index < -0.39 is 0 Å². The molecule has 7 nitrogen and oxygen atoms in total. The zero-order chi connectivity index (χ0) is 33.0. The summed E-state index contributed by atoms with van der Waals surface area (Å²) in [6, 6.07) is 36.4. The molecule has 2 aromatic heterocycles. The molecule has 0 aliphatic heterocycles. The van der Waals surface area contributed by atoms with Gasteiger partial charge in [-0.25, -0.2) is 0 Å². The summed E-state index contributed by atoms with van der Waals surface area (Å²) < 4.78 is 11.5. The molecule has 0 saturated carbocycles. The van der Waals surface area contributed by atoms with Crippen molar-refractivity contribution in [1.82, 2.24) is 25.1 Å². The number of fused-ring (bicyclic) bond motifs is 1. The molecule has 0 spiro atoms. The van der Waals surface area contributed by atoms with Crippen LogP contribution in [0.2, 0.25) is 0 Å². The van der Waals surface area contributed by atoms with E-state index in [1.54, 1.807) is 14.2 Å². The quantitative estimate of drug-likeness (QED) is 0.111. The van der Waals surface area contributed by atoms with E-state index in [4.69, 9.17) is 14.5 Å². The fourth-order valence-electron chi connectivity index (χ4n) is 6.75. The lowest BCUT2D eigenvalue weighted by Gasteiger charge is -2.36. The normalized spacial score (nSPS) is 13.9. The molecule has 1 aliphatic rings. The van der Waals surface area contributed by atoms with E-state index in [-0.39, 0.29) is 23.0 Å². The van der Waals surface area contributed by atoms with Crippen molar-refractivity contribution in [2.24, 2.45) is 0 Å². The molecular formula is C41H48BrN5O2. The van der Waals surface area contributed by atoms with Crippen molar-refractivity contribution in [3.05, 3.63) is 155 Å². The van der Waals surface area contributed by atoms with E-state index >= 15 is 0 Å². The number of aromatic nitrogens is 2. The second-order valence-electron chi connectivity index (χ2n) is 12.5. The first-order valence-corrected chi connectivity index (χ1v) is 17.0. The molecule has 1 unspecified atom stereocenters. The first-order valence-electron chi connectivity index (χ1n) is 17.0. The predicted molar refractivity (Wildman–Crippen MR) is 202 cm³/mol. The van der Waals surface area contributed by atoms with Crippen LogP contribution in [0.4, 0.5) is 0 Å². The van der Waals surface area contributed by atoms with E-state index in [9.17, 15) is 0 Å². The van der Waals surface area contributed by atoms with Gasteiger partial charge in [0.25, 0.3) is 0 Å². The van der Waals surface area contributed by atoms with Crippen molar-refractivity contribution in [3.8, 4) is 11.5 Å². The van der Waals surface area contributed by atoms with Crippen molar-refractivity contribution in [3.63, 3.8) is 0 Å². The smallest absolute Gasteiger partial charge is 0.123 e. The molecule has 1 atom stereocenters. The van der Waals surface area contributed by atoms with Crippen molar-refractivity contribution >= 4 is 17.0 Å². The minimum Gasteiger partial charge on any atom is -0.496 e. The van der Waals surface area contributed by atoms with E-state index in [1.165, 1.54) is 39.9 Å². The van der Waals surface area contributed by atoms with E-state index in [1.807, 2.05) is 48.8 Å². The summed E-state index contributed by atoms with van der Waals surface area (Å²) in [4.78, 5) is 14.5. The SMILES string of the molecule is Br.COc1ccccc1CN(CCN(Cc1ccc(CNCc2ccccn2)cc1)C1CCCc2cccnc21)Cc1ccccc1OC. The number of ether oxygens (including phenoxy) is 2. The molecular weight excluding hydrogens is 674 g/mol. The molecule has 2 heterocycles. The number of pyridine rings is 2. The Morgan fingerprint density at radius 1 is 0.673 bits per heavy atom. The van der Waals surface area contributed by atoms with Crippen molar-refractivity contribution in [2.45, 2.75) is 58.0 Å². The van der Waals surface area contributed by atoms with Gasteiger partial charge in [0, 0.05) is 69.3 Å². The van der Waals surface area contributed by atoms with Gasteiger partial charge in [0.15, 0.2) is 0 Å². The Morgan fingerprint density at radius 2 is 1.33 bits per heavy atom. The molecule has 3 aromatic carbocycles. The van der Waals surface area contributed by atoms with Crippen LogP contribution >= 0.6 is 17.0 Å². The van der Waals surface area contributed by atoms with Crippen LogP contribution in [0.3, 0.4) is 0 Å². The summed E-state index contributed by atoms with van der Waals surface area (Å²) in [5, 5.41) is 3.53. The number of hydrogen-bond donors (Lipinski definition) is 1. The second-order valence-corrected chi connectivity index (χ2v) is 12.5. The highest BCUT2D eigenvalue weighted by Gasteiger charge is 2.28. The van der Waals surface area contributed by atoms with Crippen LogP contribution in [0.5, 0.6) is 11.5 Å². The van der Waals surface area contributed by atoms with Crippen LogP contribution in [0.15, 0.2) is 116 Å². The molecule has 0 fully saturated rings. The van der Waals surface area contributed by atoms with Crippen LogP contribution in [0.25, 0.3) is 0 Å². The Bertz CT molecular complexity index is 1670. The zero-order valence-electron chi connectivity index (χ0n) is 28.6. The number of nitrogens with one attached hydrogen (secondary N) is 1. The lowest BCUT2D eigenvalue weighted by atomic mass is 9.90. The first kappa shape index (κ1) is 36.2. The van der Waals surface area contributed by atoms with Gasteiger partial charge in [0.05, 0.1) is 31.6 Å². The van der Waals surface area contributed by atoms with Crippen LogP contribution in [0, 0.1) is 0 Å². The summed E-state index contributed by atoms with van der Waals surface area (Å²) in [5.41, 5.74) is 8.61. The lowest BCUT2D eigenvalue weighted by molar-refractivity contribution is 0.131. The van der Waals surface area contributed by atoms with Gasteiger partial charge in [0.2, 0.25) is 0 Å². The van der Waals surface area contributed by atoms with Gasteiger partial charge in [0.1, 0.15) is 11.5 Å². The molecule has 0 saturated heterocycles. The molecule has 1 N–H and O–H groups in total. The fraction of sp³-hybridized carbons (Fsp3) is 0.317. The topological polar surface area (TPSA) is 62.8 Å². The molecule has 6 rings (SSSR count). The molecule has 0 bridgehead atoms. The summed E-state index contributed by atoms with van der Waals surface area (Å²) >= 11 is 0. The highest BCUT2D eigenvalue weighted by Crippen LogP contribution is 2.34. The van der Waals surface area contributed by atoms with Crippen molar-refractivity contribution in [1.29, 1.82) is 0 Å². The number of methoxy groups -OCH3 is 2. The van der Waals surface area contributed by atoms with Gasteiger partial charge in [-0.15, -0.1) is 17.0 Å². The Balaban J connectivity index is 0.00000468. The minimum absolute atomic E-state index is 0. The van der Waals surface area contributed by atoms with Crippen molar-refractivity contribution in [2.75, 3.05) is 27.3 Å². The lowest BCUT2D eigenvalue weighted by Crippen LogP contribution is -2.38. The molecule has 0 radical (unpaired) electrons. The predicted octanol–water partition coefficient (Wildman–Crippen LogP) is 7.94. The summed E-state index contributed by atoms with van der Waals surface area (Å²) in [6.45, 7) is 5.75. The van der Waals surface area contributed by atoms with E-state index in [0.717, 1.165) is 75.8 Å². The van der Waals surface area contributed by atoms with Crippen LogP contribution in [-0.2, 0) is 39.1 Å². The summed E-state index contributed by atoms with van der Waals surface area (Å²) in [5.74, 6) is 1.83. The molecule has 5 aromatic rings. The number of benzene rings is 3. The van der Waals surface area contributed by atoms with Gasteiger partial charge in [-0.05, 0) is 66.3 Å². The number of nitrogens with zero attached hydrogens (tertiary/aromatic N) is 4. The van der Waals surface area contributed by atoms with Crippen molar-refractivity contribution < 1.29 is 9.47 Å². The Kier molecular flexibility index (Phi) is 13.8. The number of aryl methyl sites for hydroxylation is 1. The third-order valence-electron chi connectivity index (χ3n) is 9.25. The van der Waals surface area contributed by atoms with Crippen LogP contribution in [0.1, 0.15) is 58.1 Å². The van der Waals surface area contributed by atoms with Crippen LogP contribution in [-0.4, -0.2) is 47.1 Å². The van der Waals surface area contributed by atoms with Gasteiger partial charge in [-0.3, -0.25) is 19.8 Å². The van der Waals surface area contributed by atoms with Gasteiger partial charge >= 0.3 is 0 Å². The van der Waals surface area contributed by atoms with Gasteiger partial charge in [-0.1, -0.05) is 72.8 Å². The second kappa shape index (κ2) is 18.6. The number of hydrogen-bond acceptors (Lipinski definition) is 7. The molecule has 1 aliphatic carbocycles. The fourth-order valence-corrected chi connectivity index (χ4v) is 6.75. The highest BCUT2D eigenvalue weighted by molar-refractivity contribution is 8.93. The van der Waals surface area contributed by atoms with E-state index in [2.05, 4.69) is 86.8 Å².